The number of hydrogen-bond acceptors (Lipinski definition) is 4. The van der Waals surface area contributed by atoms with E-state index in [1.165, 1.54) is 6.42 Å². The summed E-state index contributed by atoms with van der Waals surface area (Å²) in [6, 6.07) is 0. The summed E-state index contributed by atoms with van der Waals surface area (Å²) in [6.07, 6.45) is 5.25. The lowest BCUT2D eigenvalue weighted by Gasteiger charge is -2.22. The quantitative estimate of drug-likeness (QED) is 0.764. The molecule has 0 amide bonds. The maximum Gasteiger partial charge on any atom is 0.225 e. The van der Waals surface area contributed by atoms with Crippen molar-refractivity contribution >= 4 is 11.6 Å². The van der Waals surface area contributed by atoms with Crippen LogP contribution in [0.4, 0.5) is 0 Å². The van der Waals surface area contributed by atoms with Gasteiger partial charge in [-0.3, -0.25) is 0 Å². The summed E-state index contributed by atoms with van der Waals surface area (Å²) in [5.41, 5.74) is 0.889. The van der Waals surface area contributed by atoms with Crippen molar-refractivity contribution in [2.75, 3.05) is 13.2 Å². The number of aromatic nitrogens is 2. The third-order valence-electron chi connectivity index (χ3n) is 2.58. The third-order valence-corrected chi connectivity index (χ3v) is 2.76. The predicted octanol–water partition coefficient (Wildman–Crippen LogP) is 2.39. The van der Waals surface area contributed by atoms with Crippen LogP contribution >= 0.6 is 11.6 Å². The fourth-order valence-corrected chi connectivity index (χ4v) is 1.79. The average Bonchev–Trinajstić information content (AvgIpc) is 2.32. The van der Waals surface area contributed by atoms with Crippen LogP contribution in [0.3, 0.4) is 0 Å². The lowest BCUT2D eigenvalue weighted by molar-refractivity contribution is -0.0121. The minimum atomic E-state index is 0.182. The maximum atomic E-state index is 5.70. The third kappa shape index (κ3) is 3.06. The largest absolute Gasteiger partial charge is 0.475 e. The molecule has 0 bridgehead atoms. The summed E-state index contributed by atoms with van der Waals surface area (Å²) in [5.74, 6) is 0.550. The van der Waals surface area contributed by atoms with Crippen LogP contribution in [0.2, 0.25) is 5.28 Å². The van der Waals surface area contributed by atoms with Crippen molar-refractivity contribution in [2.24, 2.45) is 0 Å². The Kier molecular flexibility index (Phi) is 3.96. The first kappa shape index (κ1) is 11.6. The lowest BCUT2D eigenvalue weighted by atomic mass is 10.1. The summed E-state index contributed by atoms with van der Waals surface area (Å²) < 4.78 is 11.2. The first-order valence-electron chi connectivity index (χ1n) is 5.49. The minimum Gasteiger partial charge on any atom is -0.475 e. The van der Waals surface area contributed by atoms with Gasteiger partial charge in [0.05, 0.1) is 6.10 Å². The molecule has 88 valence electrons. The van der Waals surface area contributed by atoms with E-state index in [4.69, 9.17) is 21.1 Å². The van der Waals surface area contributed by atoms with Crippen molar-refractivity contribution in [1.29, 1.82) is 0 Å². The SMILES string of the molecule is Cc1cnc(Cl)nc1OCC1CCCCO1. The molecule has 1 aliphatic heterocycles. The van der Waals surface area contributed by atoms with Crippen LogP contribution in [0.15, 0.2) is 6.20 Å². The zero-order valence-corrected chi connectivity index (χ0v) is 10.0. The summed E-state index contributed by atoms with van der Waals surface area (Å²) in [5, 5.41) is 0.213. The van der Waals surface area contributed by atoms with Gasteiger partial charge in [-0.1, -0.05) is 0 Å². The second-order valence-electron chi connectivity index (χ2n) is 3.93. The summed E-state index contributed by atoms with van der Waals surface area (Å²) >= 11 is 5.70. The molecule has 5 heteroatoms. The Morgan fingerprint density at radius 3 is 3.19 bits per heavy atom. The van der Waals surface area contributed by atoms with Gasteiger partial charge < -0.3 is 9.47 Å². The smallest absolute Gasteiger partial charge is 0.225 e. The molecule has 1 aromatic rings. The number of rotatable bonds is 3. The van der Waals surface area contributed by atoms with Gasteiger partial charge in [-0.25, -0.2) is 4.98 Å². The van der Waals surface area contributed by atoms with Crippen LogP contribution < -0.4 is 4.74 Å². The Morgan fingerprint density at radius 1 is 1.56 bits per heavy atom. The first-order chi connectivity index (χ1) is 7.75. The Labute approximate surface area is 99.9 Å². The van der Waals surface area contributed by atoms with Gasteiger partial charge in [-0.15, -0.1) is 0 Å². The number of ether oxygens (including phenoxy) is 2. The van der Waals surface area contributed by atoms with E-state index in [1.807, 2.05) is 6.92 Å². The molecule has 0 aliphatic carbocycles. The molecule has 0 spiro atoms. The second-order valence-corrected chi connectivity index (χ2v) is 4.26. The van der Waals surface area contributed by atoms with Crippen molar-refractivity contribution in [3.8, 4) is 5.88 Å². The molecule has 2 rings (SSSR count). The molecule has 0 aromatic carbocycles. The Hall–Kier alpha value is -0.870. The van der Waals surface area contributed by atoms with E-state index in [0.717, 1.165) is 25.0 Å². The van der Waals surface area contributed by atoms with Gasteiger partial charge in [0, 0.05) is 18.4 Å². The van der Waals surface area contributed by atoms with Crippen LogP contribution in [0.25, 0.3) is 0 Å². The molecule has 16 heavy (non-hydrogen) atoms. The standard InChI is InChI=1S/C11H15ClN2O2/c1-8-6-13-11(12)14-10(8)16-7-9-4-2-3-5-15-9/h6,9H,2-5,7H2,1H3. The molecule has 4 nitrogen and oxygen atoms in total. The van der Waals surface area contributed by atoms with Gasteiger partial charge in [0.1, 0.15) is 6.61 Å². The van der Waals surface area contributed by atoms with Gasteiger partial charge >= 0.3 is 0 Å². The maximum absolute atomic E-state index is 5.70. The van der Waals surface area contributed by atoms with Crippen molar-refractivity contribution in [2.45, 2.75) is 32.3 Å². The van der Waals surface area contributed by atoms with Crippen LogP contribution in [-0.4, -0.2) is 29.3 Å². The molecule has 2 heterocycles. The van der Waals surface area contributed by atoms with E-state index >= 15 is 0 Å². The molecular formula is C11H15ClN2O2. The van der Waals surface area contributed by atoms with Crippen LogP contribution in [0.1, 0.15) is 24.8 Å². The van der Waals surface area contributed by atoms with Crippen molar-refractivity contribution in [3.05, 3.63) is 17.0 Å². The van der Waals surface area contributed by atoms with Crippen LogP contribution in [-0.2, 0) is 4.74 Å². The zero-order chi connectivity index (χ0) is 11.4. The predicted molar refractivity (Wildman–Crippen MR) is 60.9 cm³/mol. The van der Waals surface area contributed by atoms with E-state index in [9.17, 15) is 0 Å². The van der Waals surface area contributed by atoms with Gasteiger partial charge in [0.15, 0.2) is 0 Å². The van der Waals surface area contributed by atoms with E-state index < -0.39 is 0 Å². The van der Waals surface area contributed by atoms with Crippen molar-refractivity contribution in [3.63, 3.8) is 0 Å². The van der Waals surface area contributed by atoms with Crippen molar-refractivity contribution < 1.29 is 9.47 Å². The fourth-order valence-electron chi connectivity index (χ4n) is 1.66. The molecule has 0 N–H and O–H groups in total. The van der Waals surface area contributed by atoms with E-state index in [-0.39, 0.29) is 11.4 Å². The molecule has 1 saturated heterocycles. The lowest BCUT2D eigenvalue weighted by Crippen LogP contribution is -2.26. The molecule has 1 unspecified atom stereocenters. The van der Waals surface area contributed by atoms with Gasteiger partial charge in [-0.05, 0) is 37.8 Å². The van der Waals surface area contributed by atoms with Crippen molar-refractivity contribution in [1.82, 2.24) is 9.97 Å². The molecular weight excluding hydrogens is 228 g/mol. The molecule has 1 fully saturated rings. The molecule has 1 aliphatic rings. The van der Waals surface area contributed by atoms with Gasteiger partial charge in [-0.2, -0.15) is 4.98 Å². The fraction of sp³-hybridized carbons (Fsp3) is 0.636. The van der Waals surface area contributed by atoms with E-state index in [2.05, 4.69) is 9.97 Å². The summed E-state index contributed by atoms with van der Waals surface area (Å²) in [6.45, 7) is 3.26. The normalized spacial score (nSPS) is 20.8. The first-order valence-corrected chi connectivity index (χ1v) is 5.87. The van der Waals surface area contributed by atoms with Gasteiger partial charge in [0.25, 0.3) is 0 Å². The topological polar surface area (TPSA) is 44.2 Å². The highest BCUT2D eigenvalue weighted by atomic mass is 35.5. The molecule has 1 aromatic heterocycles. The highest BCUT2D eigenvalue weighted by molar-refractivity contribution is 6.28. The average molecular weight is 243 g/mol. The highest BCUT2D eigenvalue weighted by Crippen LogP contribution is 2.18. The highest BCUT2D eigenvalue weighted by Gasteiger charge is 2.15. The summed E-state index contributed by atoms with van der Waals surface area (Å²) in [7, 11) is 0. The zero-order valence-electron chi connectivity index (χ0n) is 9.28. The number of aryl methyl sites for hydroxylation is 1. The minimum absolute atomic E-state index is 0.182. The Morgan fingerprint density at radius 2 is 2.44 bits per heavy atom. The molecule has 0 radical (unpaired) electrons. The second kappa shape index (κ2) is 5.46. The Bertz CT molecular complexity index is 354. The monoisotopic (exact) mass is 242 g/mol. The van der Waals surface area contributed by atoms with E-state index in [0.29, 0.717) is 12.5 Å². The molecule has 1 atom stereocenters. The Balaban J connectivity index is 1.90. The number of hydrogen-bond donors (Lipinski definition) is 0. The van der Waals surface area contributed by atoms with Crippen LogP contribution in [0.5, 0.6) is 5.88 Å². The van der Waals surface area contributed by atoms with E-state index in [1.54, 1.807) is 6.20 Å². The number of nitrogens with zero attached hydrogens (tertiary/aromatic N) is 2. The molecule has 0 saturated carbocycles. The number of halogens is 1. The van der Waals surface area contributed by atoms with Crippen LogP contribution in [0, 0.1) is 6.92 Å². The van der Waals surface area contributed by atoms with Gasteiger partial charge in [0.2, 0.25) is 11.2 Å². The summed E-state index contributed by atoms with van der Waals surface area (Å²) in [4.78, 5) is 7.91.